The molecule has 2 rings (SSSR count). The van der Waals surface area contributed by atoms with Crippen LogP contribution in [0, 0.1) is 17.2 Å². The molecule has 0 bridgehead atoms. The Morgan fingerprint density at radius 2 is 2.18 bits per heavy atom. The van der Waals surface area contributed by atoms with Crippen LogP contribution in [-0.4, -0.2) is 18.0 Å². The van der Waals surface area contributed by atoms with Crippen molar-refractivity contribution in [1.82, 2.24) is 4.90 Å². The molecular weight excluding hydrogens is 208 g/mol. The second kappa shape index (κ2) is 5.84. The van der Waals surface area contributed by atoms with Crippen molar-refractivity contribution in [2.24, 2.45) is 5.92 Å². The van der Waals surface area contributed by atoms with Crippen LogP contribution in [0.1, 0.15) is 37.8 Å². The van der Waals surface area contributed by atoms with Crippen LogP contribution in [0.2, 0.25) is 0 Å². The smallest absolute Gasteiger partial charge is 0.0641 e. The fourth-order valence-corrected chi connectivity index (χ4v) is 2.70. The molecule has 0 radical (unpaired) electrons. The molecule has 0 aliphatic carbocycles. The van der Waals surface area contributed by atoms with Gasteiger partial charge in [-0.3, -0.25) is 4.90 Å². The molecule has 1 saturated heterocycles. The van der Waals surface area contributed by atoms with Gasteiger partial charge in [0, 0.05) is 12.6 Å². The summed E-state index contributed by atoms with van der Waals surface area (Å²) in [7, 11) is 0. The van der Waals surface area contributed by atoms with Crippen molar-refractivity contribution >= 4 is 0 Å². The zero-order valence-corrected chi connectivity index (χ0v) is 10.5. The van der Waals surface area contributed by atoms with Crippen molar-refractivity contribution in [3.63, 3.8) is 0 Å². The monoisotopic (exact) mass is 228 g/mol. The molecule has 0 N–H and O–H groups in total. The van der Waals surface area contributed by atoms with E-state index in [1.54, 1.807) is 0 Å². The molecule has 1 aliphatic rings. The fourth-order valence-electron chi connectivity index (χ4n) is 2.70. The summed E-state index contributed by atoms with van der Waals surface area (Å²) in [6.45, 7) is 4.55. The Balaban J connectivity index is 2.11. The lowest BCUT2D eigenvalue weighted by molar-refractivity contribution is 0.238. The zero-order valence-electron chi connectivity index (χ0n) is 10.5. The summed E-state index contributed by atoms with van der Waals surface area (Å²) in [4.78, 5) is 2.48. The second-order valence-electron chi connectivity index (χ2n) is 4.85. The molecule has 2 atom stereocenters. The van der Waals surface area contributed by atoms with E-state index in [1.165, 1.54) is 18.4 Å². The van der Waals surface area contributed by atoms with Gasteiger partial charge in [-0.1, -0.05) is 43.7 Å². The average Bonchev–Trinajstić information content (AvgIpc) is 2.85. The maximum atomic E-state index is 9.00. The van der Waals surface area contributed by atoms with Crippen LogP contribution in [0.4, 0.5) is 0 Å². The number of nitriles is 1. The Morgan fingerprint density at radius 1 is 1.41 bits per heavy atom. The van der Waals surface area contributed by atoms with Gasteiger partial charge in [0.15, 0.2) is 0 Å². The van der Waals surface area contributed by atoms with E-state index in [0.717, 1.165) is 19.0 Å². The van der Waals surface area contributed by atoms with Crippen molar-refractivity contribution in [2.75, 3.05) is 13.1 Å². The maximum Gasteiger partial charge on any atom is 0.0641 e. The first kappa shape index (κ1) is 12.1. The Bertz CT molecular complexity index is 380. The lowest BCUT2D eigenvalue weighted by Gasteiger charge is -2.26. The number of likely N-dealkylation sites (tertiary alicyclic amines) is 1. The highest BCUT2D eigenvalue weighted by Crippen LogP contribution is 2.30. The van der Waals surface area contributed by atoms with E-state index in [1.807, 2.05) is 6.07 Å². The van der Waals surface area contributed by atoms with E-state index in [0.29, 0.717) is 6.42 Å². The minimum absolute atomic E-state index is 0.290. The lowest BCUT2D eigenvalue weighted by Crippen LogP contribution is -2.26. The summed E-state index contributed by atoms with van der Waals surface area (Å²) in [6.07, 6.45) is 3.14. The van der Waals surface area contributed by atoms with Crippen molar-refractivity contribution in [1.29, 1.82) is 5.26 Å². The van der Waals surface area contributed by atoms with Gasteiger partial charge in [0.25, 0.3) is 0 Å². The van der Waals surface area contributed by atoms with E-state index < -0.39 is 0 Å². The minimum atomic E-state index is 0.290. The topological polar surface area (TPSA) is 27.0 Å². The van der Waals surface area contributed by atoms with Crippen molar-refractivity contribution in [3.05, 3.63) is 35.9 Å². The van der Waals surface area contributed by atoms with Gasteiger partial charge < -0.3 is 0 Å². The number of hydrogen-bond acceptors (Lipinski definition) is 2. The molecule has 1 heterocycles. The first-order chi connectivity index (χ1) is 8.35. The van der Waals surface area contributed by atoms with Crippen LogP contribution >= 0.6 is 0 Å². The molecule has 1 fully saturated rings. The molecule has 17 heavy (non-hydrogen) atoms. The summed E-state index contributed by atoms with van der Waals surface area (Å²) in [5, 5.41) is 9.00. The van der Waals surface area contributed by atoms with Gasteiger partial charge >= 0.3 is 0 Å². The van der Waals surface area contributed by atoms with Crippen LogP contribution in [0.3, 0.4) is 0 Å². The molecule has 1 aliphatic heterocycles. The van der Waals surface area contributed by atoms with E-state index in [-0.39, 0.29) is 6.04 Å². The van der Waals surface area contributed by atoms with Gasteiger partial charge in [0.2, 0.25) is 0 Å². The predicted molar refractivity (Wildman–Crippen MR) is 69.4 cm³/mol. The molecule has 90 valence electrons. The molecule has 2 unspecified atom stereocenters. The third kappa shape index (κ3) is 2.87. The standard InChI is InChI=1S/C15H20N2/c1-2-13-9-11-17(12-13)15(8-10-16)14-6-4-3-5-7-14/h3-7,13,15H,2,8-9,11-12H2,1H3. The van der Waals surface area contributed by atoms with Crippen molar-refractivity contribution in [2.45, 2.75) is 32.2 Å². The zero-order chi connectivity index (χ0) is 12.1. The summed E-state index contributed by atoms with van der Waals surface area (Å²) >= 11 is 0. The first-order valence-electron chi connectivity index (χ1n) is 6.51. The number of nitrogens with zero attached hydrogens (tertiary/aromatic N) is 2. The molecule has 2 nitrogen and oxygen atoms in total. The Labute approximate surface area is 104 Å². The van der Waals surface area contributed by atoms with Crippen LogP contribution in [0.15, 0.2) is 30.3 Å². The summed E-state index contributed by atoms with van der Waals surface area (Å²) in [5.41, 5.74) is 1.28. The molecule has 1 aromatic carbocycles. The lowest BCUT2D eigenvalue weighted by atomic mass is 10.0. The van der Waals surface area contributed by atoms with Crippen molar-refractivity contribution < 1.29 is 0 Å². The van der Waals surface area contributed by atoms with Gasteiger partial charge in [-0.25, -0.2) is 0 Å². The van der Waals surface area contributed by atoms with Crippen LogP contribution < -0.4 is 0 Å². The highest BCUT2D eigenvalue weighted by molar-refractivity contribution is 5.20. The quantitative estimate of drug-likeness (QED) is 0.790. The predicted octanol–water partition coefficient (Wildman–Crippen LogP) is 3.37. The minimum Gasteiger partial charge on any atom is -0.295 e. The molecule has 2 heteroatoms. The number of benzene rings is 1. The summed E-state index contributed by atoms with van der Waals surface area (Å²) in [6, 6.07) is 13.1. The van der Waals surface area contributed by atoms with Crippen LogP contribution in [-0.2, 0) is 0 Å². The number of hydrogen-bond donors (Lipinski definition) is 0. The van der Waals surface area contributed by atoms with Gasteiger partial charge in [-0.2, -0.15) is 5.26 Å². The van der Waals surface area contributed by atoms with Gasteiger partial charge in [-0.05, 0) is 24.4 Å². The second-order valence-corrected chi connectivity index (χ2v) is 4.85. The largest absolute Gasteiger partial charge is 0.295 e. The SMILES string of the molecule is CCC1CCN(C(CC#N)c2ccccc2)C1. The van der Waals surface area contributed by atoms with Crippen molar-refractivity contribution in [3.8, 4) is 6.07 Å². The molecular formula is C15H20N2. The number of rotatable bonds is 4. The highest BCUT2D eigenvalue weighted by Gasteiger charge is 2.27. The summed E-state index contributed by atoms with van der Waals surface area (Å²) < 4.78 is 0. The molecule has 0 aromatic heterocycles. The Hall–Kier alpha value is -1.33. The Kier molecular flexibility index (Phi) is 4.17. The molecule has 0 spiro atoms. The maximum absolute atomic E-state index is 9.00. The normalized spacial score (nSPS) is 22.2. The fraction of sp³-hybridized carbons (Fsp3) is 0.533. The average molecular weight is 228 g/mol. The Morgan fingerprint density at radius 3 is 2.76 bits per heavy atom. The van der Waals surface area contributed by atoms with E-state index in [4.69, 9.17) is 5.26 Å². The summed E-state index contributed by atoms with van der Waals surface area (Å²) in [5.74, 6) is 0.819. The van der Waals surface area contributed by atoms with E-state index in [9.17, 15) is 0 Å². The third-order valence-electron chi connectivity index (χ3n) is 3.80. The van der Waals surface area contributed by atoms with E-state index >= 15 is 0 Å². The van der Waals surface area contributed by atoms with Gasteiger partial charge in [-0.15, -0.1) is 0 Å². The van der Waals surface area contributed by atoms with Gasteiger partial charge in [0.05, 0.1) is 12.5 Å². The molecule has 0 saturated carbocycles. The molecule has 1 aromatic rings. The third-order valence-corrected chi connectivity index (χ3v) is 3.80. The first-order valence-corrected chi connectivity index (χ1v) is 6.51. The highest BCUT2D eigenvalue weighted by atomic mass is 15.2. The molecule has 0 amide bonds. The van der Waals surface area contributed by atoms with Crippen LogP contribution in [0.5, 0.6) is 0 Å². The van der Waals surface area contributed by atoms with Crippen LogP contribution in [0.25, 0.3) is 0 Å². The van der Waals surface area contributed by atoms with E-state index in [2.05, 4.69) is 42.2 Å². The van der Waals surface area contributed by atoms with Gasteiger partial charge in [0.1, 0.15) is 0 Å².